The predicted molar refractivity (Wildman–Crippen MR) is 166 cm³/mol. The van der Waals surface area contributed by atoms with Gasteiger partial charge in [-0.3, -0.25) is 13.9 Å². The Balaban J connectivity index is 2.08. The average Bonchev–Trinajstić information content (AvgIpc) is 2.94. The molecule has 3 aromatic rings. The lowest BCUT2D eigenvalue weighted by Gasteiger charge is -2.34. The Labute approximate surface area is 249 Å². The highest BCUT2D eigenvalue weighted by Crippen LogP contribution is 2.29. The molecule has 0 bridgehead atoms. The van der Waals surface area contributed by atoms with Crippen molar-refractivity contribution in [3.05, 3.63) is 94.0 Å². The highest BCUT2D eigenvalue weighted by atomic mass is 35.5. The molecule has 0 fully saturated rings. The molecular weight excluding hydrogens is 558 g/mol. The molecule has 41 heavy (non-hydrogen) atoms. The van der Waals surface area contributed by atoms with Crippen LogP contribution < -0.4 is 9.62 Å². The number of halogens is 1. The third kappa shape index (κ3) is 8.11. The van der Waals surface area contributed by atoms with Gasteiger partial charge < -0.3 is 10.2 Å². The number of hydrogen-bond acceptors (Lipinski definition) is 4. The zero-order valence-electron chi connectivity index (χ0n) is 24.6. The van der Waals surface area contributed by atoms with Crippen LogP contribution in [0.3, 0.4) is 0 Å². The molecule has 7 nitrogen and oxygen atoms in total. The molecule has 0 radical (unpaired) electrons. The van der Waals surface area contributed by atoms with Crippen LogP contribution in [0.1, 0.15) is 55.9 Å². The smallest absolute Gasteiger partial charge is 0.264 e. The molecule has 2 amide bonds. The summed E-state index contributed by atoms with van der Waals surface area (Å²) in [6, 6.07) is 18.2. The number of nitrogens with zero attached hydrogens (tertiary/aromatic N) is 2. The van der Waals surface area contributed by atoms with Crippen LogP contribution >= 0.6 is 11.6 Å². The van der Waals surface area contributed by atoms with E-state index >= 15 is 0 Å². The quantitative estimate of drug-likeness (QED) is 0.270. The molecule has 0 unspecified atom stereocenters. The van der Waals surface area contributed by atoms with Gasteiger partial charge in [0.25, 0.3) is 10.0 Å². The third-order valence-corrected chi connectivity index (χ3v) is 9.39. The summed E-state index contributed by atoms with van der Waals surface area (Å²) < 4.78 is 29.0. The Hall–Kier alpha value is -3.36. The fourth-order valence-electron chi connectivity index (χ4n) is 4.35. The Morgan fingerprint density at radius 2 is 1.46 bits per heavy atom. The maximum Gasteiger partial charge on any atom is 0.264 e. The molecule has 1 N–H and O–H groups in total. The number of carbonyl (C=O) groups is 2. The van der Waals surface area contributed by atoms with Crippen LogP contribution in [0.2, 0.25) is 5.02 Å². The number of hydrogen-bond donors (Lipinski definition) is 1. The first-order chi connectivity index (χ1) is 19.4. The van der Waals surface area contributed by atoms with Crippen LogP contribution in [0.15, 0.2) is 71.6 Å². The minimum atomic E-state index is -4.16. The van der Waals surface area contributed by atoms with Gasteiger partial charge in [0, 0.05) is 17.6 Å². The van der Waals surface area contributed by atoms with Crippen molar-refractivity contribution < 1.29 is 18.0 Å². The number of sulfonamides is 1. The summed E-state index contributed by atoms with van der Waals surface area (Å²) >= 11 is 6.40. The number of benzene rings is 3. The molecule has 0 aliphatic heterocycles. The van der Waals surface area contributed by atoms with Crippen molar-refractivity contribution in [2.75, 3.05) is 10.8 Å². The van der Waals surface area contributed by atoms with E-state index in [4.69, 9.17) is 11.6 Å². The van der Waals surface area contributed by atoms with Gasteiger partial charge in [-0.05, 0) is 75.9 Å². The topological polar surface area (TPSA) is 86.8 Å². The number of anilines is 1. The molecule has 0 aromatic heterocycles. The summed E-state index contributed by atoms with van der Waals surface area (Å²) in [7, 11) is -4.16. The summed E-state index contributed by atoms with van der Waals surface area (Å²) in [4.78, 5) is 29.1. The predicted octanol–water partition coefficient (Wildman–Crippen LogP) is 6.18. The molecule has 0 saturated heterocycles. The Morgan fingerprint density at radius 3 is 2.00 bits per heavy atom. The molecule has 0 aliphatic rings. The van der Waals surface area contributed by atoms with Crippen molar-refractivity contribution in [1.29, 1.82) is 0 Å². The lowest BCUT2D eigenvalue weighted by Crippen LogP contribution is -2.53. The number of rotatable bonds is 12. The van der Waals surface area contributed by atoms with Gasteiger partial charge in [0.05, 0.1) is 10.6 Å². The summed E-state index contributed by atoms with van der Waals surface area (Å²) in [5.74, 6) is -0.766. The van der Waals surface area contributed by atoms with E-state index in [0.717, 1.165) is 33.0 Å². The summed E-state index contributed by atoms with van der Waals surface area (Å²) in [6.45, 7) is 11.0. The number of aryl methyl sites for hydroxylation is 3. The minimum absolute atomic E-state index is 0.0548. The zero-order chi connectivity index (χ0) is 30.3. The van der Waals surface area contributed by atoms with Gasteiger partial charge >= 0.3 is 0 Å². The van der Waals surface area contributed by atoms with Crippen molar-refractivity contribution >= 4 is 39.1 Å². The molecule has 0 aliphatic carbocycles. The van der Waals surface area contributed by atoms with Crippen LogP contribution in [-0.2, 0) is 26.2 Å². The lowest BCUT2D eigenvalue weighted by atomic mass is 10.1. The standard InChI is InChI=1S/C32H40ClN3O4S/c1-7-25(6)34-32(38)30(8-2)35(20-26-14-9-22(3)10-15-26)31(37)21-36(27-16-13-24(5)29(33)19-27)41(39,40)28-17-11-23(4)12-18-28/h9-19,25,30H,7-8,20-21H2,1-6H3,(H,34,38)/t25-,30-/m1/s1. The lowest BCUT2D eigenvalue weighted by molar-refractivity contribution is -0.140. The molecule has 0 saturated carbocycles. The molecule has 3 aromatic carbocycles. The van der Waals surface area contributed by atoms with Crippen LogP contribution in [-0.4, -0.2) is 43.8 Å². The van der Waals surface area contributed by atoms with Crippen LogP contribution in [0.5, 0.6) is 0 Å². The molecular formula is C32H40ClN3O4S. The highest BCUT2D eigenvalue weighted by Gasteiger charge is 2.34. The van der Waals surface area contributed by atoms with Crippen molar-refractivity contribution in [1.82, 2.24) is 10.2 Å². The van der Waals surface area contributed by atoms with E-state index in [1.165, 1.54) is 17.0 Å². The maximum absolute atomic E-state index is 14.1. The van der Waals surface area contributed by atoms with E-state index in [1.54, 1.807) is 30.3 Å². The molecule has 220 valence electrons. The first-order valence-electron chi connectivity index (χ1n) is 13.9. The van der Waals surface area contributed by atoms with Gasteiger partial charge in [-0.25, -0.2) is 8.42 Å². The van der Waals surface area contributed by atoms with Gasteiger partial charge in [0.1, 0.15) is 12.6 Å². The fourth-order valence-corrected chi connectivity index (χ4v) is 5.93. The van der Waals surface area contributed by atoms with Gasteiger partial charge in [-0.1, -0.05) is 79.0 Å². The van der Waals surface area contributed by atoms with Gasteiger partial charge in [-0.15, -0.1) is 0 Å². The molecule has 9 heteroatoms. The number of amides is 2. The number of nitrogens with one attached hydrogen (secondary N) is 1. The average molecular weight is 598 g/mol. The van der Waals surface area contributed by atoms with Crippen LogP contribution in [0.4, 0.5) is 5.69 Å². The number of carbonyl (C=O) groups excluding carboxylic acids is 2. The van der Waals surface area contributed by atoms with Gasteiger partial charge in [-0.2, -0.15) is 0 Å². The second-order valence-corrected chi connectivity index (χ2v) is 12.8. The molecule has 2 atom stereocenters. The molecule has 3 rings (SSSR count). The second kappa shape index (κ2) is 14.0. The first kappa shape index (κ1) is 32.2. The zero-order valence-corrected chi connectivity index (χ0v) is 26.2. The fraction of sp³-hybridized carbons (Fsp3) is 0.375. The van der Waals surface area contributed by atoms with Gasteiger partial charge in [0.15, 0.2) is 0 Å². The summed E-state index contributed by atoms with van der Waals surface area (Å²) in [6.07, 6.45) is 1.10. The van der Waals surface area contributed by atoms with Crippen LogP contribution in [0, 0.1) is 20.8 Å². The van der Waals surface area contributed by atoms with E-state index in [0.29, 0.717) is 11.4 Å². The van der Waals surface area contributed by atoms with E-state index in [-0.39, 0.29) is 29.1 Å². The monoisotopic (exact) mass is 597 g/mol. The van der Waals surface area contributed by atoms with E-state index < -0.39 is 28.5 Å². The Bertz CT molecular complexity index is 1460. The summed E-state index contributed by atoms with van der Waals surface area (Å²) in [5.41, 5.74) is 3.86. The van der Waals surface area contributed by atoms with E-state index in [1.807, 2.05) is 65.8 Å². The summed E-state index contributed by atoms with van der Waals surface area (Å²) in [5, 5.41) is 3.37. The Kier molecular flexibility index (Phi) is 11.0. The second-order valence-electron chi connectivity index (χ2n) is 10.5. The van der Waals surface area contributed by atoms with E-state index in [2.05, 4.69) is 5.32 Å². The molecule has 0 heterocycles. The van der Waals surface area contributed by atoms with Gasteiger partial charge in [0.2, 0.25) is 11.8 Å². The highest BCUT2D eigenvalue weighted by molar-refractivity contribution is 7.92. The minimum Gasteiger partial charge on any atom is -0.352 e. The van der Waals surface area contributed by atoms with Crippen LogP contribution in [0.25, 0.3) is 0 Å². The largest absolute Gasteiger partial charge is 0.352 e. The Morgan fingerprint density at radius 1 is 0.878 bits per heavy atom. The van der Waals surface area contributed by atoms with Crippen molar-refractivity contribution in [3.8, 4) is 0 Å². The molecule has 0 spiro atoms. The first-order valence-corrected chi connectivity index (χ1v) is 15.7. The third-order valence-electron chi connectivity index (χ3n) is 7.19. The SMILES string of the molecule is CC[C@@H](C)NC(=O)[C@@H](CC)N(Cc1ccc(C)cc1)C(=O)CN(c1ccc(C)c(Cl)c1)S(=O)(=O)c1ccc(C)cc1. The normalized spacial score (nSPS) is 12.9. The van der Waals surface area contributed by atoms with E-state index in [9.17, 15) is 18.0 Å². The maximum atomic E-state index is 14.1. The van der Waals surface area contributed by atoms with Crippen molar-refractivity contribution in [3.63, 3.8) is 0 Å². The van der Waals surface area contributed by atoms with Crippen molar-refractivity contribution in [2.24, 2.45) is 0 Å². The van der Waals surface area contributed by atoms with Crippen molar-refractivity contribution in [2.45, 2.75) is 77.9 Å².